The van der Waals surface area contributed by atoms with E-state index in [1.54, 1.807) is 11.7 Å². The van der Waals surface area contributed by atoms with E-state index in [2.05, 4.69) is 16.5 Å². The summed E-state index contributed by atoms with van der Waals surface area (Å²) in [6, 6.07) is 2.06. The van der Waals surface area contributed by atoms with Crippen LogP contribution in [0.25, 0.3) is 0 Å². The van der Waals surface area contributed by atoms with Crippen molar-refractivity contribution in [3.05, 3.63) is 11.8 Å². The molecule has 3 fully saturated rings. The van der Waals surface area contributed by atoms with E-state index in [0.717, 1.165) is 11.8 Å². The molecule has 1 aromatic rings. The molecule has 98 valence electrons. The lowest BCUT2D eigenvalue weighted by Gasteiger charge is -2.10. The van der Waals surface area contributed by atoms with Gasteiger partial charge >= 0.3 is 0 Å². The highest BCUT2D eigenvalue weighted by Gasteiger charge is 2.67. The van der Waals surface area contributed by atoms with Crippen LogP contribution in [0.1, 0.15) is 24.8 Å². The fourth-order valence-electron chi connectivity index (χ4n) is 4.54. The highest BCUT2D eigenvalue weighted by atomic mass is 16.2. The molecule has 0 spiro atoms. The van der Waals surface area contributed by atoms with Crippen LogP contribution in [-0.4, -0.2) is 15.7 Å². The molecule has 4 unspecified atom stereocenters. The zero-order valence-corrected chi connectivity index (χ0v) is 10.8. The van der Waals surface area contributed by atoms with Crippen LogP contribution in [0.2, 0.25) is 0 Å². The van der Waals surface area contributed by atoms with Crippen molar-refractivity contribution in [1.29, 1.82) is 5.26 Å². The monoisotopic (exact) mass is 256 g/mol. The highest BCUT2D eigenvalue weighted by molar-refractivity contribution is 5.95. The van der Waals surface area contributed by atoms with Gasteiger partial charge in [0, 0.05) is 13.0 Å². The van der Waals surface area contributed by atoms with Crippen LogP contribution < -0.4 is 5.32 Å². The van der Waals surface area contributed by atoms with Gasteiger partial charge in [0.1, 0.15) is 17.5 Å². The summed E-state index contributed by atoms with van der Waals surface area (Å²) in [6.45, 7) is 0. The van der Waals surface area contributed by atoms with Crippen molar-refractivity contribution in [3.63, 3.8) is 0 Å². The summed E-state index contributed by atoms with van der Waals surface area (Å²) in [5.74, 6) is 3.62. The fraction of sp³-hybridized carbons (Fsp3) is 0.643. The molecule has 5 heteroatoms. The first-order valence-electron chi connectivity index (χ1n) is 6.93. The smallest absolute Gasteiger partial charge is 0.229 e. The number of aryl methyl sites for hydroxylation is 1. The maximum absolute atomic E-state index is 12.4. The first-order valence-corrected chi connectivity index (χ1v) is 6.93. The lowest BCUT2D eigenvalue weighted by atomic mass is 10.0. The Morgan fingerprint density at radius 3 is 2.79 bits per heavy atom. The van der Waals surface area contributed by atoms with Gasteiger partial charge in [0.25, 0.3) is 0 Å². The van der Waals surface area contributed by atoms with Gasteiger partial charge in [-0.25, -0.2) is 0 Å². The predicted octanol–water partition coefficient (Wildman–Crippen LogP) is 1.52. The van der Waals surface area contributed by atoms with Crippen LogP contribution in [0.5, 0.6) is 0 Å². The minimum Gasteiger partial charge on any atom is -0.310 e. The molecule has 1 amide bonds. The summed E-state index contributed by atoms with van der Waals surface area (Å²) in [4.78, 5) is 12.4. The van der Waals surface area contributed by atoms with Gasteiger partial charge in [-0.1, -0.05) is 0 Å². The van der Waals surface area contributed by atoms with E-state index in [1.807, 2.05) is 0 Å². The number of nitrogens with zero attached hydrogens (tertiary/aromatic N) is 3. The van der Waals surface area contributed by atoms with Crippen molar-refractivity contribution in [2.24, 2.45) is 36.6 Å². The summed E-state index contributed by atoms with van der Waals surface area (Å²) >= 11 is 0. The number of hydrogen-bond acceptors (Lipinski definition) is 3. The Morgan fingerprint density at radius 2 is 2.16 bits per heavy atom. The van der Waals surface area contributed by atoms with Crippen molar-refractivity contribution in [2.45, 2.75) is 19.3 Å². The summed E-state index contributed by atoms with van der Waals surface area (Å²) in [6.07, 6.45) is 5.46. The molecule has 4 atom stereocenters. The van der Waals surface area contributed by atoms with E-state index in [-0.39, 0.29) is 11.8 Å². The minimum atomic E-state index is 0.0895. The molecule has 0 aromatic carbocycles. The largest absolute Gasteiger partial charge is 0.310 e. The number of fused-ring (bicyclic) bond motifs is 5. The summed E-state index contributed by atoms with van der Waals surface area (Å²) in [7, 11) is 1.74. The zero-order chi connectivity index (χ0) is 13.1. The molecule has 0 saturated heterocycles. The standard InChI is InChI=1S/C14H16N4O/c1-18-13(9(5-15)6-16-18)17-14(19)12-10-7-2-3-8(4-7)11(10)12/h6-8,10-12H,2-4H2,1H3,(H,17,19). The second-order valence-corrected chi connectivity index (χ2v) is 6.15. The van der Waals surface area contributed by atoms with Crippen molar-refractivity contribution >= 4 is 11.7 Å². The van der Waals surface area contributed by atoms with Crippen LogP contribution in [0.4, 0.5) is 5.82 Å². The van der Waals surface area contributed by atoms with Gasteiger partial charge in [0.05, 0.1) is 6.20 Å². The third kappa shape index (κ3) is 1.40. The van der Waals surface area contributed by atoms with Crippen LogP contribution in [-0.2, 0) is 11.8 Å². The molecule has 3 saturated carbocycles. The van der Waals surface area contributed by atoms with E-state index in [0.29, 0.717) is 23.2 Å². The number of nitrogens with one attached hydrogen (secondary N) is 1. The molecule has 19 heavy (non-hydrogen) atoms. The summed E-state index contributed by atoms with van der Waals surface area (Å²) in [5.41, 5.74) is 0.435. The van der Waals surface area contributed by atoms with E-state index >= 15 is 0 Å². The highest BCUT2D eigenvalue weighted by Crippen LogP contribution is 2.69. The Kier molecular flexibility index (Phi) is 2.09. The average molecular weight is 256 g/mol. The lowest BCUT2D eigenvalue weighted by Crippen LogP contribution is -2.20. The number of rotatable bonds is 2. The van der Waals surface area contributed by atoms with Crippen LogP contribution in [0.15, 0.2) is 6.20 Å². The lowest BCUT2D eigenvalue weighted by molar-refractivity contribution is -0.118. The van der Waals surface area contributed by atoms with E-state index in [1.165, 1.54) is 25.5 Å². The van der Waals surface area contributed by atoms with Crippen molar-refractivity contribution in [2.75, 3.05) is 5.32 Å². The molecule has 1 aromatic heterocycles. The Hall–Kier alpha value is -1.83. The Morgan fingerprint density at radius 1 is 1.47 bits per heavy atom. The molecule has 1 N–H and O–H groups in total. The molecular weight excluding hydrogens is 240 g/mol. The van der Waals surface area contributed by atoms with Gasteiger partial charge in [0.2, 0.25) is 5.91 Å². The third-order valence-electron chi connectivity index (χ3n) is 5.34. The second kappa shape index (κ2) is 3.60. The molecule has 4 rings (SSSR count). The summed E-state index contributed by atoms with van der Waals surface area (Å²) < 4.78 is 1.56. The second-order valence-electron chi connectivity index (χ2n) is 6.15. The molecule has 3 aliphatic rings. The molecule has 3 aliphatic carbocycles. The molecule has 0 aliphatic heterocycles. The Labute approximate surface area is 111 Å². The molecular formula is C14H16N4O. The number of carbonyl (C=O) groups excluding carboxylic acids is 1. The van der Waals surface area contributed by atoms with Crippen LogP contribution in [0, 0.1) is 40.9 Å². The van der Waals surface area contributed by atoms with E-state index in [4.69, 9.17) is 5.26 Å². The molecule has 1 heterocycles. The average Bonchev–Trinajstić information content (AvgIpc) is 2.71. The van der Waals surface area contributed by atoms with E-state index in [9.17, 15) is 4.79 Å². The topological polar surface area (TPSA) is 70.7 Å². The number of hydrogen-bond donors (Lipinski definition) is 1. The van der Waals surface area contributed by atoms with Crippen LogP contribution in [0.3, 0.4) is 0 Å². The van der Waals surface area contributed by atoms with Gasteiger partial charge in [-0.2, -0.15) is 10.4 Å². The van der Waals surface area contributed by atoms with Gasteiger partial charge in [-0.05, 0) is 42.9 Å². The minimum absolute atomic E-state index is 0.0895. The SMILES string of the molecule is Cn1ncc(C#N)c1NC(=O)C1C2C3CCC(C3)C12. The van der Waals surface area contributed by atoms with Gasteiger partial charge in [-0.3, -0.25) is 9.48 Å². The molecule has 5 nitrogen and oxygen atoms in total. The first kappa shape index (κ1) is 11.0. The number of aromatic nitrogens is 2. The first-order chi connectivity index (χ1) is 9.20. The normalized spacial score (nSPS) is 37.8. The quantitative estimate of drug-likeness (QED) is 0.872. The summed E-state index contributed by atoms with van der Waals surface area (Å²) in [5, 5.41) is 15.9. The van der Waals surface area contributed by atoms with Crippen molar-refractivity contribution < 1.29 is 4.79 Å². The number of nitriles is 1. The Balaban J connectivity index is 1.52. The van der Waals surface area contributed by atoms with Gasteiger partial charge < -0.3 is 5.32 Å². The maximum atomic E-state index is 12.4. The fourth-order valence-corrected chi connectivity index (χ4v) is 4.54. The van der Waals surface area contributed by atoms with Crippen LogP contribution >= 0.6 is 0 Å². The number of anilines is 1. The van der Waals surface area contributed by atoms with Crippen molar-refractivity contribution in [3.8, 4) is 6.07 Å². The molecule has 2 bridgehead atoms. The van der Waals surface area contributed by atoms with E-state index < -0.39 is 0 Å². The molecule has 0 radical (unpaired) electrons. The van der Waals surface area contributed by atoms with Gasteiger partial charge in [-0.15, -0.1) is 0 Å². The Bertz CT molecular complexity index is 583. The predicted molar refractivity (Wildman–Crippen MR) is 67.9 cm³/mol. The zero-order valence-electron chi connectivity index (χ0n) is 10.8. The third-order valence-corrected chi connectivity index (χ3v) is 5.34. The van der Waals surface area contributed by atoms with Crippen molar-refractivity contribution in [1.82, 2.24) is 9.78 Å². The number of carbonyl (C=O) groups is 1. The van der Waals surface area contributed by atoms with Gasteiger partial charge in [0.15, 0.2) is 0 Å². The number of amides is 1. The maximum Gasteiger partial charge on any atom is 0.229 e.